The number of carbonyl (C=O) groups is 2. The van der Waals surface area contributed by atoms with E-state index in [1.165, 1.54) is 37.3 Å². The van der Waals surface area contributed by atoms with Gasteiger partial charge in [-0.1, -0.05) is 30.3 Å². The summed E-state index contributed by atoms with van der Waals surface area (Å²) in [7, 11) is -3.97. The number of carbonyl (C=O) groups excluding carboxylic acids is 2. The number of nitrogens with one attached hydrogen (secondary N) is 2. The van der Waals surface area contributed by atoms with Gasteiger partial charge in [-0.05, 0) is 37.3 Å². The molecule has 0 saturated carbocycles. The van der Waals surface area contributed by atoms with Crippen LogP contribution < -0.4 is 15.6 Å². The van der Waals surface area contributed by atoms with Crippen molar-refractivity contribution in [2.45, 2.75) is 24.8 Å². The topological polar surface area (TPSA) is 127 Å². The van der Waals surface area contributed by atoms with Crippen LogP contribution >= 0.6 is 0 Å². The van der Waals surface area contributed by atoms with E-state index < -0.39 is 33.4 Å². The lowest BCUT2D eigenvalue weighted by Crippen LogP contribution is -2.33. The first-order valence-corrected chi connectivity index (χ1v) is 10.8. The summed E-state index contributed by atoms with van der Waals surface area (Å²) in [6, 6.07) is 16.5. The van der Waals surface area contributed by atoms with E-state index in [4.69, 9.17) is 0 Å². The highest BCUT2D eigenvalue weighted by atomic mass is 32.2. The standard InChI is InChI=1S/C21H20N4O5S/c1-14(25-20(27)13-12-19(23-25)16-6-4-3-5-7-16)21(28)22-17-8-10-18(11-9-17)31(29,30)24-15(2)26/h3-14H,1-2H3,(H,22,28)(H,24,26). The normalized spacial score (nSPS) is 12.1. The maximum absolute atomic E-state index is 12.7. The van der Waals surface area contributed by atoms with Crippen LogP contribution in [0.5, 0.6) is 0 Å². The van der Waals surface area contributed by atoms with Crippen LogP contribution in [0.25, 0.3) is 11.3 Å². The minimum Gasteiger partial charge on any atom is -0.324 e. The van der Waals surface area contributed by atoms with Gasteiger partial charge in [-0.25, -0.2) is 17.8 Å². The third kappa shape index (κ3) is 5.23. The summed E-state index contributed by atoms with van der Waals surface area (Å²) in [5, 5.41) is 6.93. The summed E-state index contributed by atoms with van der Waals surface area (Å²) in [5.74, 6) is -1.21. The molecular formula is C21H20N4O5S. The Morgan fingerprint density at radius 2 is 1.61 bits per heavy atom. The van der Waals surface area contributed by atoms with E-state index in [-0.39, 0.29) is 4.90 Å². The fourth-order valence-electron chi connectivity index (χ4n) is 2.79. The molecule has 0 bridgehead atoms. The number of amides is 2. The molecule has 0 saturated heterocycles. The van der Waals surface area contributed by atoms with Crippen LogP contribution in [0.1, 0.15) is 19.9 Å². The average molecular weight is 440 g/mol. The van der Waals surface area contributed by atoms with Crippen molar-refractivity contribution in [1.29, 1.82) is 0 Å². The molecule has 1 heterocycles. The molecule has 2 aromatic carbocycles. The zero-order chi connectivity index (χ0) is 22.6. The first-order chi connectivity index (χ1) is 14.7. The predicted molar refractivity (Wildman–Crippen MR) is 115 cm³/mol. The zero-order valence-electron chi connectivity index (χ0n) is 16.8. The Balaban J connectivity index is 1.78. The molecule has 1 aromatic heterocycles. The van der Waals surface area contributed by atoms with E-state index in [1.54, 1.807) is 6.07 Å². The molecule has 1 unspecified atom stereocenters. The van der Waals surface area contributed by atoms with Gasteiger partial charge >= 0.3 is 0 Å². The van der Waals surface area contributed by atoms with Crippen molar-refractivity contribution in [1.82, 2.24) is 14.5 Å². The van der Waals surface area contributed by atoms with Gasteiger partial charge in [-0.2, -0.15) is 5.10 Å². The van der Waals surface area contributed by atoms with Crippen molar-refractivity contribution in [2.24, 2.45) is 0 Å². The second-order valence-corrected chi connectivity index (χ2v) is 8.40. The van der Waals surface area contributed by atoms with Crippen LogP contribution in [0.4, 0.5) is 5.69 Å². The van der Waals surface area contributed by atoms with Crippen molar-refractivity contribution in [3.63, 3.8) is 0 Å². The molecule has 3 rings (SSSR count). The van der Waals surface area contributed by atoms with Crippen LogP contribution in [0.2, 0.25) is 0 Å². The van der Waals surface area contributed by atoms with Gasteiger partial charge < -0.3 is 5.32 Å². The van der Waals surface area contributed by atoms with Gasteiger partial charge in [0.1, 0.15) is 6.04 Å². The summed E-state index contributed by atoms with van der Waals surface area (Å²) in [5.41, 5.74) is 1.25. The summed E-state index contributed by atoms with van der Waals surface area (Å²) < 4.78 is 26.9. The molecule has 0 radical (unpaired) electrons. The van der Waals surface area contributed by atoms with Gasteiger partial charge in [0.2, 0.25) is 11.8 Å². The van der Waals surface area contributed by atoms with Crippen molar-refractivity contribution in [2.75, 3.05) is 5.32 Å². The van der Waals surface area contributed by atoms with E-state index >= 15 is 0 Å². The van der Waals surface area contributed by atoms with Crippen LogP contribution in [-0.4, -0.2) is 30.0 Å². The third-order valence-electron chi connectivity index (χ3n) is 4.35. The lowest BCUT2D eigenvalue weighted by Gasteiger charge is -2.15. The second kappa shape index (κ2) is 8.92. The number of hydrogen-bond donors (Lipinski definition) is 2. The number of sulfonamides is 1. The maximum atomic E-state index is 12.7. The SMILES string of the molecule is CC(=O)NS(=O)(=O)c1ccc(NC(=O)C(C)n2nc(-c3ccccc3)ccc2=O)cc1. The summed E-state index contributed by atoms with van der Waals surface area (Å²) in [4.78, 5) is 35.8. The average Bonchev–Trinajstić information content (AvgIpc) is 2.73. The third-order valence-corrected chi connectivity index (χ3v) is 5.80. The summed E-state index contributed by atoms with van der Waals surface area (Å²) in [6.45, 7) is 2.63. The molecule has 31 heavy (non-hydrogen) atoms. The Bertz CT molecular complexity index is 1270. The Kier molecular flexibility index (Phi) is 6.30. The summed E-state index contributed by atoms with van der Waals surface area (Å²) in [6.07, 6.45) is 0. The van der Waals surface area contributed by atoms with E-state index in [9.17, 15) is 22.8 Å². The maximum Gasteiger partial charge on any atom is 0.267 e. The molecular weight excluding hydrogens is 420 g/mol. The van der Waals surface area contributed by atoms with Gasteiger partial charge in [0.25, 0.3) is 15.6 Å². The van der Waals surface area contributed by atoms with Crippen molar-refractivity contribution >= 4 is 27.5 Å². The van der Waals surface area contributed by atoms with Gasteiger partial charge in [-0.3, -0.25) is 14.4 Å². The highest BCUT2D eigenvalue weighted by Gasteiger charge is 2.19. The number of aromatic nitrogens is 2. The molecule has 2 N–H and O–H groups in total. The highest BCUT2D eigenvalue weighted by Crippen LogP contribution is 2.17. The minimum atomic E-state index is -3.97. The van der Waals surface area contributed by atoms with E-state index in [0.29, 0.717) is 11.4 Å². The smallest absolute Gasteiger partial charge is 0.267 e. The molecule has 2 amide bonds. The number of anilines is 1. The second-order valence-electron chi connectivity index (χ2n) is 6.72. The number of benzene rings is 2. The first-order valence-electron chi connectivity index (χ1n) is 9.27. The summed E-state index contributed by atoms with van der Waals surface area (Å²) >= 11 is 0. The molecule has 0 aliphatic carbocycles. The molecule has 10 heteroatoms. The van der Waals surface area contributed by atoms with Gasteiger partial charge in [0.15, 0.2) is 0 Å². The lowest BCUT2D eigenvalue weighted by molar-refractivity contribution is -0.119. The number of hydrogen-bond acceptors (Lipinski definition) is 6. The van der Waals surface area contributed by atoms with Crippen LogP contribution in [0.3, 0.4) is 0 Å². The van der Waals surface area contributed by atoms with E-state index in [1.807, 2.05) is 35.1 Å². The molecule has 1 atom stereocenters. The van der Waals surface area contributed by atoms with Gasteiger partial charge in [0, 0.05) is 24.2 Å². The van der Waals surface area contributed by atoms with Crippen LogP contribution in [-0.2, 0) is 19.6 Å². The molecule has 0 fully saturated rings. The zero-order valence-corrected chi connectivity index (χ0v) is 17.6. The molecule has 3 aromatic rings. The Labute approximate surface area is 178 Å². The predicted octanol–water partition coefficient (Wildman–Crippen LogP) is 1.93. The highest BCUT2D eigenvalue weighted by molar-refractivity contribution is 7.90. The Morgan fingerprint density at radius 3 is 2.23 bits per heavy atom. The Morgan fingerprint density at radius 1 is 0.968 bits per heavy atom. The number of rotatable bonds is 6. The molecule has 0 spiro atoms. The quantitative estimate of drug-likeness (QED) is 0.603. The van der Waals surface area contributed by atoms with E-state index in [2.05, 4.69) is 10.4 Å². The van der Waals surface area contributed by atoms with E-state index in [0.717, 1.165) is 17.2 Å². The van der Waals surface area contributed by atoms with Gasteiger partial charge in [0.05, 0.1) is 10.6 Å². The van der Waals surface area contributed by atoms with Gasteiger partial charge in [-0.15, -0.1) is 0 Å². The van der Waals surface area contributed by atoms with Crippen LogP contribution in [0.15, 0.2) is 76.4 Å². The first kappa shape index (κ1) is 21.9. The fraction of sp³-hybridized carbons (Fsp3) is 0.143. The van der Waals surface area contributed by atoms with Crippen molar-refractivity contribution in [3.05, 3.63) is 77.1 Å². The number of nitrogens with zero attached hydrogens (tertiary/aromatic N) is 2. The Hall–Kier alpha value is -3.79. The lowest BCUT2D eigenvalue weighted by atomic mass is 10.1. The molecule has 9 nitrogen and oxygen atoms in total. The fourth-order valence-corrected chi connectivity index (χ4v) is 3.78. The van der Waals surface area contributed by atoms with Crippen molar-refractivity contribution in [3.8, 4) is 11.3 Å². The largest absolute Gasteiger partial charge is 0.324 e. The monoisotopic (exact) mass is 440 g/mol. The van der Waals surface area contributed by atoms with Crippen LogP contribution in [0, 0.1) is 0 Å². The molecule has 0 aliphatic heterocycles. The minimum absolute atomic E-state index is 0.123. The van der Waals surface area contributed by atoms with Crippen molar-refractivity contribution < 1.29 is 18.0 Å². The molecule has 0 aliphatic rings. The molecule has 160 valence electrons.